The largest absolute Gasteiger partial charge is 0.771 e. The molecule has 118 valence electrons. The van der Waals surface area contributed by atoms with Crippen LogP contribution in [0.4, 0.5) is 4.39 Å². The third-order valence-electron chi connectivity index (χ3n) is 3.91. The van der Waals surface area contributed by atoms with E-state index >= 15 is 0 Å². The zero-order chi connectivity index (χ0) is 15.5. The molecule has 1 saturated heterocycles. The van der Waals surface area contributed by atoms with Gasteiger partial charge in [0, 0.05) is 11.5 Å². The highest BCUT2D eigenvalue weighted by molar-refractivity contribution is 7.79. The Labute approximate surface area is 130 Å². The zero-order valence-corrected chi connectivity index (χ0v) is 12.7. The summed E-state index contributed by atoms with van der Waals surface area (Å²) >= 11 is -2.03. The summed E-state index contributed by atoms with van der Waals surface area (Å²) in [4.78, 5) is 6.41. The fourth-order valence-corrected chi connectivity index (χ4v) is 3.26. The Morgan fingerprint density at radius 1 is 1.32 bits per heavy atom. The van der Waals surface area contributed by atoms with Crippen LogP contribution >= 0.6 is 0 Å². The lowest BCUT2D eigenvalue weighted by molar-refractivity contribution is 0.238. The predicted octanol–water partition coefficient (Wildman–Crippen LogP) is 2.50. The molecule has 0 N–H and O–H groups in total. The van der Waals surface area contributed by atoms with Crippen LogP contribution in [0.2, 0.25) is 0 Å². The number of hydrogen-bond acceptors (Lipinski definition) is 5. The van der Waals surface area contributed by atoms with Gasteiger partial charge in [-0.15, -0.1) is 0 Å². The highest BCUT2D eigenvalue weighted by atomic mass is 32.2. The van der Waals surface area contributed by atoms with Crippen molar-refractivity contribution in [2.75, 3.05) is 19.0 Å². The van der Waals surface area contributed by atoms with Crippen LogP contribution in [0, 0.1) is 5.82 Å². The topological polar surface area (TPSA) is 69.4 Å². The Morgan fingerprint density at radius 2 is 2.00 bits per heavy atom. The molecule has 1 aromatic carbocycles. The number of piperidine rings is 1. The van der Waals surface area contributed by atoms with Crippen LogP contribution in [0.1, 0.15) is 24.5 Å². The first kappa shape index (κ1) is 15.3. The van der Waals surface area contributed by atoms with Crippen LogP contribution in [0.25, 0.3) is 11.5 Å². The molecule has 0 radical (unpaired) electrons. The fraction of sp³-hybridized carbons (Fsp3) is 0.400. The second-order valence-electron chi connectivity index (χ2n) is 5.41. The van der Waals surface area contributed by atoms with Gasteiger partial charge < -0.3 is 8.97 Å². The Balaban J connectivity index is 1.65. The van der Waals surface area contributed by atoms with Gasteiger partial charge in [0.1, 0.15) is 12.1 Å². The standard InChI is InChI=1S/C15H17FN2O3S/c16-13-3-1-12(2-4-13)15-17-14(9-21-15)11-5-7-18(8-6-11)10-22(19)20/h1-4,9,11H,5-8,10H2,(H,19,20)/p-1. The number of rotatable bonds is 4. The van der Waals surface area contributed by atoms with Crippen LogP contribution in [-0.2, 0) is 11.1 Å². The molecule has 1 atom stereocenters. The van der Waals surface area contributed by atoms with E-state index in [0.717, 1.165) is 37.2 Å². The summed E-state index contributed by atoms with van der Waals surface area (Å²) in [6, 6.07) is 6.02. The van der Waals surface area contributed by atoms with Crippen LogP contribution < -0.4 is 0 Å². The van der Waals surface area contributed by atoms with Crippen molar-refractivity contribution in [2.24, 2.45) is 0 Å². The summed E-state index contributed by atoms with van der Waals surface area (Å²) in [7, 11) is 0. The van der Waals surface area contributed by atoms with E-state index in [1.165, 1.54) is 12.1 Å². The molecule has 0 bridgehead atoms. The predicted molar refractivity (Wildman–Crippen MR) is 79.2 cm³/mol. The Hall–Kier alpha value is -1.57. The van der Waals surface area contributed by atoms with Crippen molar-refractivity contribution in [1.29, 1.82) is 0 Å². The Kier molecular flexibility index (Phi) is 4.66. The smallest absolute Gasteiger partial charge is 0.226 e. The fourth-order valence-electron chi connectivity index (χ4n) is 2.71. The summed E-state index contributed by atoms with van der Waals surface area (Å²) in [6.07, 6.45) is 3.35. The van der Waals surface area contributed by atoms with E-state index in [2.05, 4.69) is 4.98 Å². The van der Waals surface area contributed by atoms with Crippen molar-refractivity contribution in [1.82, 2.24) is 9.88 Å². The van der Waals surface area contributed by atoms with Crippen LogP contribution in [0.5, 0.6) is 0 Å². The molecular formula is C15H16FN2O3S-. The maximum Gasteiger partial charge on any atom is 0.226 e. The quantitative estimate of drug-likeness (QED) is 0.809. The molecule has 0 spiro atoms. The van der Waals surface area contributed by atoms with E-state index in [1.54, 1.807) is 18.4 Å². The second-order valence-corrected chi connectivity index (χ2v) is 6.28. The number of likely N-dealkylation sites (tertiary alicyclic amines) is 1. The van der Waals surface area contributed by atoms with E-state index in [-0.39, 0.29) is 17.6 Å². The summed E-state index contributed by atoms with van der Waals surface area (Å²) < 4.78 is 39.8. The first-order chi connectivity index (χ1) is 10.6. The van der Waals surface area contributed by atoms with E-state index in [0.29, 0.717) is 5.89 Å². The molecule has 1 fully saturated rings. The van der Waals surface area contributed by atoms with Gasteiger partial charge in [0.15, 0.2) is 0 Å². The molecular weight excluding hydrogens is 307 g/mol. The average molecular weight is 323 g/mol. The lowest BCUT2D eigenvalue weighted by Crippen LogP contribution is -2.35. The summed E-state index contributed by atoms with van der Waals surface area (Å²) in [5.74, 6) is 0.554. The van der Waals surface area contributed by atoms with Crippen LogP contribution in [0.15, 0.2) is 34.9 Å². The molecule has 22 heavy (non-hydrogen) atoms. The van der Waals surface area contributed by atoms with Gasteiger partial charge in [-0.05, 0) is 61.3 Å². The number of benzene rings is 1. The van der Waals surface area contributed by atoms with Crippen molar-refractivity contribution in [3.05, 3.63) is 42.0 Å². The number of oxazole rings is 1. The number of hydrogen-bond donors (Lipinski definition) is 0. The van der Waals surface area contributed by atoms with Crippen molar-refractivity contribution in [2.45, 2.75) is 18.8 Å². The van der Waals surface area contributed by atoms with Gasteiger partial charge in [-0.25, -0.2) is 9.37 Å². The lowest BCUT2D eigenvalue weighted by Gasteiger charge is -2.31. The van der Waals surface area contributed by atoms with Gasteiger partial charge in [-0.2, -0.15) is 0 Å². The molecule has 3 rings (SSSR count). The molecule has 2 heterocycles. The second kappa shape index (κ2) is 6.68. The molecule has 0 amide bonds. The molecule has 0 saturated carbocycles. The minimum Gasteiger partial charge on any atom is -0.771 e. The van der Waals surface area contributed by atoms with Gasteiger partial charge in [0.25, 0.3) is 0 Å². The van der Waals surface area contributed by atoms with E-state index in [1.807, 2.05) is 4.90 Å². The summed E-state index contributed by atoms with van der Waals surface area (Å²) in [5.41, 5.74) is 1.62. The molecule has 1 aromatic heterocycles. The van der Waals surface area contributed by atoms with Crippen molar-refractivity contribution < 1.29 is 17.6 Å². The number of nitrogens with zero attached hydrogens (tertiary/aromatic N) is 2. The molecule has 7 heteroatoms. The third kappa shape index (κ3) is 3.60. The molecule has 5 nitrogen and oxygen atoms in total. The molecule has 1 unspecified atom stereocenters. The normalized spacial score (nSPS) is 18.5. The van der Waals surface area contributed by atoms with Gasteiger partial charge in [0.2, 0.25) is 5.89 Å². The van der Waals surface area contributed by atoms with Gasteiger partial charge in [0.05, 0.1) is 11.6 Å². The summed E-state index contributed by atoms with van der Waals surface area (Å²) in [6.45, 7) is 1.47. The van der Waals surface area contributed by atoms with Gasteiger partial charge in [-0.1, -0.05) is 0 Å². The van der Waals surface area contributed by atoms with Gasteiger partial charge >= 0.3 is 0 Å². The van der Waals surface area contributed by atoms with Crippen LogP contribution in [-0.4, -0.2) is 37.6 Å². The maximum atomic E-state index is 12.9. The highest BCUT2D eigenvalue weighted by Gasteiger charge is 2.23. The minimum absolute atomic E-state index is 0.0896. The van der Waals surface area contributed by atoms with Crippen molar-refractivity contribution >= 4 is 11.1 Å². The molecule has 1 aliphatic heterocycles. The molecule has 1 aliphatic rings. The minimum atomic E-state index is -2.03. The SMILES string of the molecule is O=S([O-])CN1CCC(c2coc(-c3ccc(F)cc3)n2)CC1. The lowest BCUT2D eigenvalue weighted by atomic mass is 9.94. The van der Waals surface area contributed by atoms with Crippen molar-refractivity contribution in [3.8, 4) is 11.5 Å². The monoisotopic (exact) mass is 323 g/mol. The van der Waals surface area contributed by atoms with Crippen molar-refractivity contribution in [3.63, 3.8) is 0 Å². The van der Waals surface area contributed by atoms with E-state index < -0.39 is 11.1 Å². The maximum absolute atomic E-state index is 12.9. The molecule has 2 aromatic rings. The third-order valence-corrected chi connectivity index (χ3v) is 4.48. The first-order valence-corrected chi connectivity index (χ1v) is 8.36. The van der Waals surface area contributed by atoms with Gasteiger partial charge in [-0.3, -0.25) is 9.11 Å². The average Bonchev–Trinajstić information content (AvgIpc) is 2.98. The van der Waals surface area contributed by atoms with E-state index in [9.17, 15) is 13.2 Å². The van der Waals surface area contributed by atoms with Crippen LogP contribution in [0.3, 0.4) is 0 Å². The Bertz CT molecular complexity index is 651. The highest BCUT2D eigenvalue weighted by Crippen LogP contribution is 2.29. The zero-order valence-electron chi connectivity index (χ0n) is 11.9. The van der Waals surface area contributed by atoms with E-state index in [4.69, 9.17) is 4.42 Å². The molecule has 0 aliphatic carbocycles. The number of halogens is 1. The first-order valence-electron chi connectivity index (χ1n) is 7.11. The number of aromatic nitrogens is 1. The summed E-state index contributed by atoms with van der Waals surface area (Å²) in [5, 5.41) is 0. The Morgan fingerprint density at radius 3 is 2.64 bits per heavy atom.